The molecule has 0 spiro atoms. The molecule has 4 heteroatoms. The topological polar surface area (TPSA) is 25.4 Å². The molecule has 4 rings (SSSR count). The van der Waals surface area contributed by atoms with E-state index in [1.165, 1.54) is 22.3 Å². The van der Waals surface area contributed by atoms with Crippen LogP contribution in [0.15, 0.2) is 59.6 Å². The third-order valence-corrected chi connectivity index (χ3v) is 5.08. The summed E-state index contributed by atoms with van der Waals surface area (Å²) < 4.78 is 6.38. The fraction of sp³-hybridized carbons (Fsp3) is 0.250. The number of benzene rings is 1. The van der Waals surface area contributed by atoms with Crippen LogP contribution in [0.3, 0.4) is 0 Å². The quantitative estimate of drug-likeness (QED) is 0.699. The summed E-state index contributed by atoms with van der Waals surface area (Å²) in [6.45, 7) is 4.82. The maximum atomic E-state index is 6.38. The molecular weight excluding hydrogens is 316 g/mol. The molecule has 1 atom stereocenters. The van der Waals surface area contributed by atoms with Gasteiger partial charge in [-0.3, -0.25) is 9.88 Å². The Hall–Kier alpha value is -2.17. The lowest BCUT2D eigenvalue weighted by Crippen LogP contribution is -2.27. The van der Waals surface area contributed by atoms with E-state index in [4.69, 9.17) is 4.74 Å². The second-order valence-electron chi connectivity index (χ2n) is 6.30. The molecule has 2 aromatic heterocycles. The molecule has 122 valence electrons. The number of fused-ring (bicyclic) bond motifs is 1. The molecule has 1 aliphatic rings. The van der Waals surface area contributed by atoms with Crippen molar-refractivity contribution in [2.45, 2.75) is 26.1 Å². The van der Waals surface area contributed by atoms with Gasteiger partial charge in [0.15, 0.2) is 0 Å². The van der Waals surface area contributed by atoms with Crippen molar-refractivity contribution in [3.05, 3.63) is 81.8 Å². The molecule has 0 bridgehead atoms. The van der Waals surface area contributed by atoms with Crippen molar-refractivity contribution in [3.63, 3.8) is 0 Å². The lowest BCUT2D eigenvalue weighted by atomic mass is 10.1. The average Bonchev–Trinajstić information content (AvgIpc) is 3.06. The third kappa shape index (κ3) is 3.35. The maximum absolute atomic E-state index is 6.38. The van der Waals surface area contributed by atoms with E-state index in [-0.39, 0.29) is 6.10 Å². The molecule has 0 fully saturated rings. The van der Waals surface area contributed by atoms with Gasteiger partial charge >= 0.3 is 0 Å². The van der Waals surface area contributed by atoms with E-state index < -0.39 is 0 Å². The zero-order chi connectivity index (χ0) is 16.4. The van der Waals surface area contributed by atoms with Crippen molar-refractivity contribution in [3.8, 4) is 5.75 Å². The molecule has 0 radical (unpaired) electrons. The molecule has 1 aromatic carbocycles. The summed E-state index contributed by atoms with van der Waals surface area (Å²) in [6.07, 6.45) is 3.79. The van der Waals surface area contributed by atoms with Crippen molar-refractivity contribution in [2.75, 3.05) is 6.54 Å². The lowest BCUT2D eigenvalue weighted by molar-refractivity contribution is 0.144. The van der Waals surface area contributed by atoms with E-state index in [2.05, 4.69) is 64.0 Å². The molecule has 24 heavy (non-hydrogen) atoms. The van der Waals surface area contributed by atoms with Crippen LogP contribution in [0.5, 0.6) is 5.75 Å². The summed E-state index contributed by atoms with van der Waals surface area (Å²) >= 11 is 1.72. The Morgan fingerprint density at radius 1 is 1.21 bits per heavy atom. The van der Waals surface area contributed by atoms with E-state index >= 15 is 0 Å². The highest BCUT2D eigenvalue weighted by Gasteiger charge is 2.24. The highest BCUT2D eigenvalue weighted by molar-refractivity contribution is 7.07. The van der Waals surface area contributed by atoms with Crippen LogP contribution in [0.2, 0.25) is 0 Å². The lowest BCUT2D eigenvalue weighted by Gasteiger charge is -2.23. The number of hydrogen-bond acceptors (Lipinski definition) is 4. The van der Waals surface area contributed by atoms with E-state index in [1.807, 2.05) is 12.4 Å². The van der Waals surface area contributed by atoms with Crippen LogP contribution < -0.4 is 4.74 Å². The Morgan fingerprint density at radius 2 is 2.08 bits per heavy atom. The van der Waals surface area contributed by atoms with Crippen LogP contribution in [-0.4, -0.2) is 16.4 Å². The van der Waals surface area contributed by atoms with Gasteiger partial charge < -0.3 is 4.74 Å². The normalized spacial score (nSPS) is 17.8. The van der Waals surface area contributed by atoms with Gasteiger partial charge in [0.25, 0.3) is 0 Å². The summed E-state index contributed by atoms with van der Waals surface area (Å²) in [5, 5.41) is 4.31. The Labute approximate surface area is 146 Å². The second kappa shape index (κ2) is 6.75. The Kier molecular flexibility index (Phi) is 4.32. The van der Waals surface area contributed by atoms with E-state index in [9.17, 15) is 0 Å². The van der Waals surface area contributed by atoms with Crippen molar-refractivity contribution >= 4 is 11.3 Å². The largest absolute Gasteiger partial charge is 0.484 e. The molecule has 0 aliphatic carbocycles. The zero-order valence-corrected chi connectivity index (χ0v) is 14.5. The first-order valence-electron chi connectivity index (χ1n) is 8.17. The van der Waals surface area contributed by atoms with Gasteiger partial charge in [-0.15, -0.1) is 0 Å². The van der Waals surface area contributed by atoms with Gasteiger partial charge in [-0.25, -0.2) is 0 Å². The van der Waals surface area contributed by atoms with Gasteiger partial charge in [0.05, 0.1) is 0 Å². The van der Waals surface area contributed by atoms with Crippen LogP contribution >= 0.6 is 11.3 Å². The van der Waals surface area contributed by atoms with E-state index in [0.717, 1.165) is 25.4 Å². The van der Waals surface area contributed by atoms with E-state index in [1.54, 1.807) is 11.3 Å². The van der Waals surface area contributed by atoms with Crippen LogP contribution in [0.25, 0.3) is 0 Å². The van der Waals surface area contributed by atoms with Gasteiger partial charge in [-0.1, -0.05) is 17.7 Å². The predicted octanol–water partition coefficient (Wildman–Crippen LogP) is 4.59. The summed E-state index contributed by atoms with van der Waals surface area (Å²) in [6, 6.07) is 12.8. The van der Waals surface area contributed by atoms with Gasteiger partial charge in [-0.2, -0.15) is 11.3 Å². The minimum absolute atomic E-state index is 0.0713. The monoisotopic (exact) mass is 336 g/mol. The molecule has 3 aromatic rings. The zero-order valence-electron chi connectivity index (χ0n) is 13.7. The number of aromatic nitrogens is 1. The second-order valence-corrected chi connectivity index (χ2v) is 7.08. The fourth-order valence-electron chi connectivity index (χ4n) is 3.18. The first kappa shape index (κ1) is 15.4. The van der Waals surface area contributed by atoms with Crippen LogP contribution in [0.1, 0.15) is 28.4 Å². The first-order valence-corrected chi connectivity index (χ1v) is 9.12. The molecule has 1 unspecified atom stereocenters. The van der Waals surface area contributed by atoms with Gasteiger partial charge in [0, 0.05) is 43.2 Å². The number of nitrogens with zero attached hydrogens (tertiary/aromatic N) is 2. The summed E-state index contributed by atoms with van der Waals surface area (Å²) in [7, 11) is 0. The summed E-state index contributed by atoms with van der Waals surface area (Å²) in [4.78, 5) is 6.58. The minimum atomic E-state index is 0.0713. The number of hydrogen-bond donors (Lipinski definition) is 0. The van der Waals surface area contributed by atoms with Crippen LogP contribution in [0, 0.1) is 6.92 Å². The number of aryl methyl sites for hydroxylation is 1. The Morgan fingerprint density at radius 3 is 2.88 bits per heavy atom. The van der Waals surface area contributed by atoms with Crippen LogP contribution in [-0.2, 0) is 13.1 Å². The fourth-order valence-corrected chi connectivity index (χ4v) is 3.88. The number of ether oxygens (including phenoxy) is 1. The van der Waals surface area contributed by atoms with Gasteiger partial charge in [0.1, 0.15) is 11.9 Å². The third-order valence-electron chi connectivity index (χ3n) is 4.37. The maximum Gasteiger partial charge on any atom is 0.137 e. The minimum Gasteiger partial charge on any atom is -0.484 e. The average molecular weight is 336 g/mol. The number of rotatable bonds is 3. The van der Waals surface area contributed by atoms with Gasteiger partial charge in [0.2, 0.25) is 0 Å². The smallest absolute Gasteiger partial charge is 0.137 e. The molecule has 0 saturated carbocycles. The molecule has 0 saturated heterocycles. The molecular formula is C20H20N2OS. The summed E-state index contributed by atoms with van der Waals surface area (Å²) in [5.74, 6) is 1.01. The molecule has 0 N–H and O–H groups in total. The van der Waals surface area contributed by atoms with Crippen molar-refractivity contribution in [1.82, 2.24) is 9.88 Å². The SMILES string of the molecule is Cc1ccc2c(c1)CN(Cc1ccncc1)CC(c1ccsc1)O2. The van der Waals surface area contributed by atoms with Gasteiger partial charge in [-0.05, 0) is 47.5 Å². The highest BCUT2D eigenvalue weighted by Crippen LogP contribution is 2.33. The summed E-state index contributed by atoms with van der Waals surface area (Å²) in [5.41, 5.74) is 5.08. The Balaban J connectivity index is 1.66. The van der Waals surface area contributed by atoms with E-state index in [0.29, 0.717) is 0 Å². The van der Waals surface area contributed by atoms with Crippen molar-refractivity contribution < 1.29 is 4.74 Å². The molecule has 0 amide bonds. The number of pyridine rings is 1. The molecule has 3 nitrogen and oxygen atoms in total. The highest BCUT2D eigenvalue weighted by atomic mass is 32.1. The molecule has 3 heterocycles. The Bertz CT molecular complexity index is 802. The standard InChI is InChI=1S/C20H20N2OS/c1-15-2-3-19-18(10-15)12-22(11-16-4-7-21-8-5-16)13-20(23-19)17-6-9-24-14-17/h2-10,14,20H,11-13H2,1H3. The van der Waals surface area contributed by atoms with Crippen molar-refractivity contribution in [1.29, 1.82) is 0 Å². The molecule has 1 aliphatic heterocycles. The predicted molar refractivity (Wildman–Crippen MR) is 97.2 cm³/mol. The van der Waals surface area contributed by atoms with Crippen LogP contribution in [0.4, 0.5) is 0 Å². The number of thiophene rings is 1. The first-order chi connectivity index (χ1) is 11.8. The van der Waals surface area contributed by atoms with Crippen molar-refractivity contribution in [2.24, 2.45) is 0 Å².